The van der Waals surface area contributed by atoms with Crippen LogP contribution in [0.5, 0.6) is 0 Å². The van der Waals surface area contributed by atoms with Crippen molar-refractivity contribution in [3.8, 4) is 0 Å². The summed E-state index contributed by atoms with van der Waals surface area (Å²) in [6.45, 7) is 2.37. The molecule has 0 aromatic heterocycles. The van der Waals surface area contributed by atoms with Gasteiger partial charge >= 0.3 is 6.18 Å². The van der Waals surface area contributed by atoms with E-state index in [9.17, 15) is 26.7 Å². The Morgan fingerprint density at radius 2 is 1.75 bits per heavy atom. The van der Waals surface area contributed by atoms with Crippen molar-refractivity contribution >= 4 is 10.2 Å². The first-order chi connectivity index (χ1) is 6.86. The van der Waals surface area contributed by atoms with Crippen molar-refractivity contribution in [1.29, 1.82) is 0 Å². The largest absolute Gasteiger partial charge is 0.402 e. The van der Waals surface area contributed by atoms with Crippen LogP contribution in [0.2, 0.25) is 0 Å². The van der Waals surface area contributed by atoms with Gasteiger partial charge in [-0.3, -0.25) is 0 Å². The molecule has 0 aliphatic heterocycles. The molecule has 0 rings (SSSR count). The standard InChI is InChI=1S/C7H15F3N2O3S/c1-5(13)6(2,3)12-16(14,15)11-4-7(8,9)10/h5,11-13H,4H2,1-3H3. The topological polar surface area (TPSA) is 78.4 Å². The summed E-state index contributed by atoms with van der Waals surface area (Å²) in [5, 5.41) is 9.19. The molecule has 5 nitrogen and oxygen atoms in total. The van der Waals surface area contributed by atoms with Gasteiger partial charge in [-0.05, 0) is 20.8 Å². The van der Waals surface area contributed by atoms with Gasteiger partial charge in [0.1, 0.15) is 6.54 Å². The number of nitrogens with one attached hydrogen (secondary N) is 2. The average molecular weight is 264 g/mol. The van der Waals surface area contributed by atoms with E-state index in [0.29, 0.717) is 0 Å². The number of hydrogen-bond acceptors (Lipinski definition) is 3. The summed E-state index contributed by atoms with van der Waals surface area (Å²) in [5.41, 5.74) is -1.25. The minimum atomic E-state index is -4.62. The van der Waals surface area contributed by atoms with Gasteiger partial charge in [0.05, 0.1) is 11.6 Å². The van der Waals surface area contributed by atoms with Gasteiger partial charge in [0.15, 0.2) is 0 Å². The first-order valence-electron chi connectivity index (χ1n) is 4.39. The lowest BCUT2D eigenvalue weighted by Crippen LogP contribution is -2.55. The SMILES string of the molecule is CC(O)C(C)(C)NS(=O)(=O)NCC(F)(F)F. The van der Waals surface area contributed by atoms with Crippen LogP contribution in [-0.4, -0.2) is 37.9 Å². The maximum Gasteiger partial charge on any atom is 0.402 e. The van der Waals surface area contributed by atoms with E-state index in [-0.39, 0.29) is 0 Å². The molecule has 0 saturated carbocycles. The molecule has 0 bridgehead atoms. The van der Waals surface area contributed by atoms with Gasteiger partial charge in [-0.25, -0.2) is 0 Å². The Bertz CT molecular complexity index is 324. The number of aliphatic hydroxyl groups is 1. The summed E-state index contributed by atoms with van der Waals surface area (Å²) in [6, 6.07) is 0. The second kappa shape index (κ2) is 4.86. The first kappa shape index (κ1) is 15.6. The van der Waals surface area contributed by atoms with Crippen molar-refractivity contribution in [2.24, 2.45) is 0 Å². The summed E-state index contributed by atoms with van der Waals surface area (Å²) in [7, 11) is -4.30. The van der Waals surface area contributed by atoms with Gasteiger partial charge in [-0.1, -0.05) is 0 Å². The summed E-state index contributed by atoms with van der Waals surface area (Å²) in [6.07, 6.45) is -5.67. The Hall–Kier alpha value is -0.380. The second-order valence-electron chi connectivity index (χ2n) is 3.94. The Morgan fingerprint density at radius 1 is 1.31 bits per heavy atom. The van der Waals surface area contributed by atoms with E-state index in [1.165, 1.54) is 25.5 Å². The number of alkyl halides is 3. The maximum absolute atomic E-state index is 11.8. The molecule has 1 unspecified atom stereocenters. The minimum absolute atomic E-state index is 1.05. The van der Waals surface area contributed by atoms with Crippen molar-refractivity contribution in [2.75, 3.05) is 6.54 Å². The average Bonchev–Trinajstić information content (AvgIpc) is 1.97. The number of rotatable bonds is 5. The quantitative estimate of drug-likeness (QED) is 0.660. The molecule has 1 atom stereocenters. The first-order valence-corrected chi connectivity index (χ1v) is 5.87. The van der Waals surface area contributed by atoms with Crippen LogP contribution < -0.4 is 9.44 Å². The molecular weight excluding hydrogens is 249 g/mol. The third kappa shape index (κ3) is 6.26. The molecule has 0 aliphatic carbocycles. The van der Waals surface area contributed by atoms with E-state index in [0.717, 1.165) is 0 Å². The van der Waals surface area contributed by atoms with Crippen LogP contribution in [0.1, 0.15) is 20.8 Å². The van der Waals surface area contributed by atoms with Gasteiger partial charge in [0, 0.05) is 0 Å². The minimum Gasteiger partial charge on any atom is -0.391 e. The smallest absolute Gasteiger partial charge is 0.391 e. The fourth-order valence-corrected chi connectivity index (χ4v) is 1.93. The number of hydrogen-bond donors (Lipinski definition) is 3. The Labute approximate surface area is 92.2 Å². The molecule has 0 aromatic carbocycles. The molecule has 16 heavy (non-hydrogen) atoms. The Morgan fingerprint density at radius 3 is 2.06 bits per heavy atom. The van der Waals surface area contributed by atoms with E-state index in [1.807, 2.05) is 4.72 Å². The van der Waals surface area contributed by atoms with Gasteiger partial charge < -0.3 is 5.11 Å². The van der Waals surface area contributed by atoms with Crippen LogP contribution in [0, 0.1) is 0 Å². The Balaban J connectivity index is 4.49. The molecule has 0 amide bonds. The van der Waals surface area contributed by atoms with Crippen LogP contribution in [0.25, 0.3) is 0 Å². The van der Waals surface area contributed by atoms with Crippen molar-refractivity contribution < 1.29 is 26.7 Å². The molecule has 0 fully saturated rings. The lowest BCUT2D eigenvalue weighted by molar-refractivity contribution is -0.121. The zero-order valence-electron chi connectivity index (χ0n) is 9.09. The molecule has 0 aliphatic rings. The van der Waals surface area contributed by atoms with Gasteiger partial charge in [0.25, 0.3) is 10.2 Å². The van der Waals surface area contributed by atoms with E-state index in [4.69, 9.17) is 0 Å². The highest BCUT2D eigenvalue weighted by Crippen LogP contribution is 2.14. The molecular formula is C7H15F3N2O3S. The molecule has 0 saturated heterocycles. The summed E-state index contributed by atoms with van der Waals surface area (Å²) < 4.78 is 60.9. The molecule has 0 radical (unpaired) electrons. The highest BCUT2D eigenvalue weighted by atomic mass is 32.2. The normalized spacial score (nSPS) is 16.2. The molecule has 98 valence electrons. The summed E-state index contributed by atoms with van der Waals surface area (Å²) >= 11 is 0. The van der Waals surface area contributed by atoms with Crippen molar-refractivity contribution in [3.63, 3.8) is 0 Å². The predicted molar refractivity (Wildman–Crippen MR) is 51.9 cm³/mol. The van der Waals surface area contributed by atoms with E-state index in [1.54, 1.807) is 0 Å². The zero-order chi connectivity index (χ0) is 13.2. The third-order valence-corrected chi connectivity index (χ3v) is 3.22. The molecule has 9 heteroatoms. The monoisotopic (exact) mass is 264 g/mol. The van der Waals surface area contributed by atoms with Crippen LogP contribution in [-0.2, 0) is 10.2 Å². The fourth-order valence-electron chi connectivity index (χ4n) is 0.645. The highest BCUT2D eigenvalue weighted by Gasteiger charge is 2.33. The lowest BCUT2D eigenvalue weighted by atomic mass is 10.0. The van der Waals surface area contributed by atoms with Gasteiger partial charge in [-0.2, -0.15) is 31.0 Å². The molecule has 0 aromatic rings. The third-order valence-electron chi connectivity index (χ3n) is 1.90. The van der Waals surface area contributed by atoms with E-state index >= 15 is 0 Å². The zero-order valence-corrected chi connectivity index (χ0v) is 9.91. The van der Waals surface area contributed by atoms with E-state index < -0.39 is 34.6 Å². The van der Waals surface area contributed by atoms with Gasteiger partial charge in [-0.15, -0.1) is 0 Å². The fraction of sp³-hybridized carbons (Fsp3) is 1.00. The van der Waals surface area contributed by atoms with E-state index in [2.05, 4.69) is 0 Å². The predicted octanol–water partition coefficient (Wildman–Crippen LogP) is 0.132. The van der Waals surface area contributed by atoms with Crippen LogP contribution in [0.4, 0.5) is 13.2 Å². The van der Waals surface area contributed by atoms with Crippen LogP contribution in [0.3, 0.4) is 0 Å². The molecule has 0 heterocycles. The van der Waals surface area contributed by atoms with Crippen LogP contribution in [0.15, 0.2) is 0 Å². The van der Waals surface area contributed by atoms with Crippen molar-refractivity contribution in [3.05, 3.63) is 0 Å². The van der Waals surface area contributed by atoms with Gasteiger partial charge in [0.2, 0.25) is 0 Å². The number of halogens is 3. The van der Waals surface area contributed by atoms with Crippen molar-refractivity contribution in [2.45, 2.75) is 38.6 Å². The molecule has 3 N–H and O–H groups in total. The van der Waals surface area contributed by atoms with Crippen molar-refractivity contribution in [1.82, 2.24) is 9.44 Å². The summed E-state index contributed by atoms with van der Waals surface area (Å²) in [5.74, 6) is 0. The number of aliphatic hydroxyl groups excluding tert-OH is 1. The summed E-state index contributed by atoms with van der Waals surface area (Å²) in [4.78, 5) is 0. The highest BCUT2D eigenvalue weighted by molar-refractivity contribution is 7.87. The Kier molecular flexibility index (Phi) is 4.75. The molecule has 0 spiro atoms. The van der Waals surface area contributed by atoms with Crippen LogP contribution >= 0.6 is 0 Å². The maximum atomic E-state index is 11.8. The second-order valence-corrected chi connectivity index (χ2v) is 5.44. The lowest BCUT2D eigenvalue weighted by Gasteiger charge is -2.28.